The van der Waals surface area contributed by atoms with Crippen molar-refractivity contribution >= 4 is 107 Å². The fourth-order valence-corrected chi connectivity index (χ4v) is 10.2. The first-order valence-electron chi connectivity index (χ1n) is 15.5. The van der Waals surface area contributed by atoms with Gasteiger partial charge in [-0.2, -0.15) is 0 Å². The predicted molar refractivity (Wildman–Crippen MR) is 199 cm³/mol. The summed E-state index contributed by atoms with van der Waals surface area (Å²) in [6.07, 6.45) is 1.92. The lowest BCUT2D eigenvalue weighted by Gasteiger charge is -2.12. The molecule has 0 aliphatic rings. The molecule has 0 spiro atoms. The van der Waals surface area contributed by atoms with Gasteiger partial charge >= 0.3 is 0 Å². The molecule has 6 aromatic carbocycles. The number of aromatic nitrogens is 3. The van der Waals surface area contributed by atoms with Crippen LogP contribution in [0.1, 0.15) is 0 Å². The number of nitrogens with zero attached hydrogens (tertiary/aromatic N) is 3. The molecule has 5 heterocycles. The van der Waals surface area contributed by atoms with E-state index < -0.39 is 0 Å². The minimum Gasteiger partial charge on any atom is -0.308 e. The smallest absolute Gasteiger partial charge is 0.124 e. The van der Waals surface area contributed by atoms with Crippen LogP contribution in [0.25, 0.3) is 95.5 Å². The van der Waals surface area contributed by atoms with E-state index in [4.69, 9.17) is 4.98 Å². The Morgan fingerprint density at radius 1 is 0.435 bits per heavy atom. The van der Waals surface area contributed by atoms with Crippen LogP contribution in [0.3, 0.4) is 0 Å². The molecule has 0 atom stereocenters. The summed E-state index contributed by atoms with van der Waals surface area (Å²) in [5.41, 5.74) is 7.30. The van der Waals surface area contributed by atoms with Crippen LogP contribution in [0.5, 0.6) is 0 Å². The van der Waals surface area contributed by atoms with E-state index in [0.29, 0.717) is 0 Å². The van der Waals surface area contributed by atoms with Crippen molar-refractivity contribution in [3.8, 4) is 11.4 Å². The van der Waals surface area contributed by atoms with Crippen molar-refractivity contribution in [2.45, 2.75) is 0 Å². The molecule has 3 nitrogen and oxygen atoms in total. The third-order valence-corrected chi connectivity index (χ3v) is 11.9. The zero-order chi connectivity index (χ0) is 29.9. The first-order chi connectivity index (χ1) is 22.9. The third-order valence-electron chi connectivity index (χ3n) is 9.56. The molecule has 0 bridgehead atoms. The van der Waals surface area contributed by atoms with Gasteiger partial charge < -0.3 is 9.13 Å². The Balaban J connectivity index is 1.49. The Morgan fingerprint density at radius 3 is 1.96 bits per heavy atom. The van der Waals surface area contributed by atoms with Crippen molar-refractivity contribution in [1.82, 2.24) is 14.1 Å². The number of rotatable bonds is 2. The summed E-state index contributed by atoms with van der Waals surface area (Å²) in [7, 11) is 0. The molecule has 0 N–H and O–H groups in total. The molecule has 0 saturated heterocycles. The second-order valence-electron chi connectivity index (χ2n) is 11.9. The van der Waals surface area contributed by atoms with E-state index in [2.05, 4.69) is 143 Å². The molecule has 0 fully saturated rings. The first-order valence-corrected chi connectivity index (χ1v) is 17.1. The zero-order valence-electron chi connectivity index (χ0n) is 24.4. The molecule has 5 heteroatoms. The molecule has 46 heavy (non-hydrogen) atoms. The lowest BCUT2D eigenvalue weighted by atomic mass is 10.0. The number of hydrogen-bond acceptors (Lipinski definition) is 3. The molecule has 0 unspecified atom stereocenters. The topological polar surface area (TPSA) is 22.8 Å². The largest absolute Gasteiger partial charge is 0.308 e. The quantitative estimate of drug-likeness (QED) is 0.188. The van der Waals surface area contributed by atoms with Crippen LogP contribution < -0.4 is 0 Å². The minimum atomic E-state index is 1.07. The van der Waals surface area contributed by atoms with Gasteiger partial charge in [-0.15, -0.1) is 22.7 Å². The summed E-state index contributed by atoms with van der Waals surface area (Å²) in [6, 6.07) is 48.6. The molecule has 5 aromatic heterocycles. The van der Waals surface area contributed by atoms with Crippen molar-refractivity contribution in [3.63, 3.8) is 0 Å². The van der Waals surface area contributed by atoms with Crippen LogP contribution in [0.15, 0.2) is 140 Å². The molecule has 214 valence electrons. The fourth-order valence-electron chi connectivity index (χ4n) is 7.78. The molecule has 0 aliphatic heterocycles. The molecule has 11 rings (SSSR count). The maximum Gasteiger partial charge on any atom is 0.124 e. The summed E-state index contributed by atoms with van der Waals surface area (Å²) in [4.78, 5) is 5.97. The average molecular weight is 622 g/mol. The van der Waals surface area contributed by atoms with Gasteiger partial charge in [-0.3, -0.25) is 0 Å². The Morgan fingerprint density at radius 2 is 1.11 bits per heavy atom. The highest BCUT2D eigenvalue weighted by atomic mass is 32.1. The molecule has 0 radical (unpaired) electrons. The number of hydrogen-bond donors (Lipinski definition) is 0. The summed E-state index contributed by atoms with van der Waals surface area (Å²) in [6.45, 7) is 0. The van der Waals surface area contributed by atoms with Gasteiger partial charge in [-0.05, 0) is 48.5 Å². The van der Waals surface area contributed by atoms with Crippen LogP contribution >= 0.6 is 22.7 Å². The Hall–Kier alpha value is -5.49. The maximum absolute atomic E-state index is 4.90. The Bertz CT molecular complexity index is 3030. The predicted octanol–water partition coefficient (Wildman–Crippen LogP) is 12.0. The van der Waals surface area contributed by atoms with Crippen molar-refractivity contribution in [2.24, 2.45) is 0 Å². The second kappa shape index (κ2) is 9.04. The highest BCUT2D eigenvalue weighted by Crippen LogP contribution is 2.51. The minimum absolute atomic E-state index is 1.07. The van der Waals surface area contributed by atoms with Crippen LogP contribution in [0, 0.1) is 0 Å². The van der Waals surface area contributed by atoms with Gasteiger partial charge in [0.2, 0.25) is 0 Å². The van der Waals surface area contributed by atoms with Crippen molar-refractivity contribution in [2.75, 3.05) is 0 Å². The molecular weight excluding hydrogens is 599 g/mol. The Labute approximate surface area is 270 Å². The normalized spacial score (nSPS) is 12.3. The lowest BCUT2D eigenvalue weighted by molar-refractivity contribution is 1.19. The number of benzene rings is 6. The van der Waals surface area contributed by atoms with Crippen molar-refractivity contribution in [1.29, 1.82) is 0 Å². The van der Waals surface area contributed by atoms with Gasteiger partial charge in [0.05, 0.1) is 37.2 Å². The Kier molecular flexibility index (Phi) is 4.87. The van der Waals surface area contributed by atoms with Crippen molar-refractivity contribution in [3.05, 3.63) is 140 Å². The highest BCUT2D eigenvalue weighted by molar-refractivity contribution is 7.27. The summed E-state index contributed by atoms with van der Waals surface area (Å²) >= 11 is 3.70. The van der Waals surface area contributed by atoms with Crippen LogP contribution in [0.4, 0.5) is 0 Å². The molecule has 0 aliphatic carbocycles. The second-order valence-corrected chi connectivity index (χ2v) is 14.0. The first kappa shape index (κ1) is 24.8. The van der Waals surface area contributed by atoms with E-state index in [-0.39, 0.29) is 0 Å². The maximum atomic E-state index is 4.90. The monoisotopic (exact) mass is 621 g/mol. The van der Waals surface area contributed by atoms with E-state index in [1.807, 2.05) is 28.9 Å². The third kappa shape index (κ3) is 3.09. The zero-order valence-corrected chi connectivity index (χ0v) is 26.1. The molecule has 11 aromatic rings. The van der Waals surface area contributed by atoms with Crippen LogP contribution in [-0.2, 0) is 0 Å². The van der Waals surface area contributed by atoms with E-state index in [0.717, 1.165) is 10.5 Å². The van der Waals surface area contributed by atoms with Crippen LogP contribution in [-0.4, -0.2) is 14.1 Å². The number of fused-ring (bicyclic) bond motifs is 15. The number of para-hydroxylation sites is 3. The van der Waals surface area contributed by atoms with Gasteiger partial charge in [0, 0.05) is 59.7 Å². The fraction of sp³-hybridized carbons (Fsp3) is 0. The average Bonchev–Trinajstić information content (AvgIpc) is 3.86. The summed E-state index contributed by atoms with van der Waals surface area (Å²) < 4.78 is 8.94. The molecular formula is C41H23N3S2. The van der Waals surface area contributed by atoms with Gasteiger partial charge in [-0.1, -0.05) is 84.9 Å². The summed E-state index contributed by atoms with van der Waals surface area (Å²) in [5.74, 6) is 0. The highest BCUT2D eigenvalue weighted by Gasteiger charge is 2.27. The number of thiophene rings is 2. The standard InChI is InChI=1S/C41H23N3S2/c1-2-12-24(13-3-1)43-30-19-7-5-16-28(30)36-37-34(35-29-18-11-23-42-41(29)46-40(35)38(36)43)27-15-4-8-20-31(27)44(37)32-21-10-17-26-25-14-6-9-22-33(25)45-39(26)32/h1-23H. The van der Waals surface area contributed by atoms with E-state index in [1.54, 1.807) is 0 Å². The van der Waals surface area contributed by atoms with Crippen molar-refractivity contribution < 1.29 is 0 Å². The van der Waals surface area contributed by atoms with Gasteiger partial charge in [0.1, 0.15) is 4.83 Å². The van der Waals surface area contributed by atoms with Gasteiger partial charge in [0.25, 0.3) is 0 Å². The SMILES string of the molecule is c1ccc(-n2c3ccccc3c3c2c2sc4ncccc4c2c2c4ccccc4n(-c4cccc5c4sc4ccccc45)c23)cc1. The van der Waals surface area contributed by atoms with Gasteiger partial charge in [0.15, 0.2) is 0 Å². The summed E-state index contributed by atoms with van der Waals surface area (Å²) in [5, 5.41) is 10.2. The van der Waals surface area contributed by atoms with E-state index >= 15 is 0 Å². The molecule has 0 saturated carbocycles. The van der Waals surface area contributed by atoms with Gasteiger partial charge in [-0.25, -0.2) is 4.98 Å². The molecule has 0 amide bonds. The van der Waals surface area contributed by atoms with Crippen LogP contribution in [0.2, 0.25) is 0 Å². The number of pyridine rings is 1. The lowest BCUT2D eigenvalue weighted by Crippen LogP contribution is -1.96. The van der Waals surface area contributed by atoms with E-state index in [9.17, 15) is 0 Å². The van der Waals surface area contributed by atoms with E-state index in [1.165, 1.54) is 84.9 Å².